The molecule has 3 unspecified atom stereocenters. The van der Waals surface area contributed by atoms with Gasteiger partial charge in [0, 0.05) is 11.7 Å². The van der Waals surface area contributed by atoms with Gasteiger partial charge in [-0.05, 0) is 56.8 Å². The molecule has 108 valence electrons. The number of carbonyl (C=O) groups excluding carboxylic acids is 1. The number of aryl methyl sites for hydroxylation is 1. The van der Waals surface area contributed by atoms with E-state index in [-0.39, 0.29) is 11.9 Å². The highest BCUT2D eigenvalue weighted by molar-refractivity contribution is 5.95. The summed E-state index contributed by atoms with van der Waals surface area (Å²) in [5.74, 6) is 0.884. The molecule has 0 bridgehead atoms. The maximum atomic E-state index is 12.5. The number of nitrogens with zero attached hydrogens (tertiary/aromatic N) is 1. The molecule has 2 aliphatic rings. The van der Waals surface area contributed by atoms with Crippen molar-refractivity contribution in [2.75, 3.05) is 12.4 Å². The smallest absolute Gasteiger partial charge is 0.241 e. The van der Waals surface area contributed by atoms with Crippen molar-refractivity contribution < 1.29 is 4.79 Å². The van der Waals surface area contributed by atoms with Crippen molar-refractivity contribution in [1.82, 2.24) is 4.90 Å². The number of likely N-dealkylation sites (tertiary alicyclic amines) is 1. The van der Waals surface area contributed by atoms with Gasteiger partial charge in [0.2, 0.25) is 5.91 Å². The minimum Gasteiger partial charge on any atom is -0.325 e. The van der Waals surface area contributed by atoms with E-state index in [9.17, 15) is 4.79 Å². The van der Waals surface area contributed by atoms with Gasteiger partial charge < -0.3 is 5.32 Å². The fourth-order valence-corrected chi connectivity index (χ4v) is 3.92. The van der Waals surface area contributed by atoms with E-state index >= 15 is 0 Å². The topological polar surface area (TPSA) is 32.3 Å². The molecule has 20 heavy (non-hydrogen) atoms. The summed E-state index contributed by atoms with van der Waals surface area (Å²) in [6, 6.07) is 8.70. The first-order chi connectivity index (χ1) is 9.65. The van der Waals surface area contributed by atoms with Crippen LogP contribution in [0.5, 0.6) is 0 Å². The molecule has 1 aliphatic heterocycles. The Labute approximate surface area is 121 Å². The van der Waals surface area contributed by atoms with Gasteiger partial charge in [0.25, 0.3) is 0 Å². The van der Waals surface area contributed by atoms with Gasteiger partial charge in [-0.2, -0.15) is 0 Å². The fraction of sp³-hybridized carbons (Fsp3) is 0.588. The summed E-state index contributed by atoms with van der Waals surface area (Å²) >= 11 is 0. The molecular weight excluding hydrogens is 248 g/mol. The molecule has 2 fully saturated rings. The highest BCUT2D eigenvalue weighted by Crippen LogP contribution is 2.38. The van der Waals surface area contributed by atoms with Gasteiger partial charge in [-0.3, -0.25) is 9.69 Å². The molecule has 3 heteroatoms. The predicted octanol–water partition coefficient (Wildman–Crippen LogP) is 3.20. The van der Waals surface area contributed by atoms with E-state index < -0.39 is 0 Å². The molecular formula is C17H24N2O. The number of hydrogen-bond donors (Lipinski definition) is 1. The minimum atomic E-state index is 0.0450. The van der Waals surface area contributed by atoms with Crippen LogP contribution in [-0.2, 0) is 4.79 Å². The van der Waals surface area contributed by atoms with Crippen molar-refractivity contribution in [3.05, 3.63) is 29.8 Å². The van der Waals surface area contributed by atoms with Crippen LogP contribution in [0.2, 0.25) is 0 Å². The zero-order valence-corrected chi connectivity index (χ0v) is 12.4. The van der Waals surface area contributed by atoms with Gasteiger partial charge >= 0.3 is 0 Å². The Morgan fingerprint density at radius 1 is 1.30 bits per heavy atom. The number of anilines is 1. The Bertz CT molecular complexity index is 500. The number of carbonyl (C=O) groups is 1. The number of hydrogen-bond acceptors (Lipinski definition) is 2. The first kappa shape index (κ1) is 13.6. The first-order valence-corrected chi connectivity index (χ1v) is 7.74. The van der Waals surface area contributed by atoms with Crippen LogP contribution in [0.15, 0.2) is 24.3 Å². The Balaban J connectivity index is 1.68. The lowest BCUT2D eigenvalue weighted by molar-refractivity contribution is -0.120. The maximum absolute atomic E-state index is 12.5. The average Bonchev–Trinajstić information content (AvgIpc) is 2.77. The van der Waals surface area contributed by atoms with Crippen LogP contribution in [0.1, 0.15) is 37.7 Å². The minimum absolute atomic E-state index is 0.0450. The highest BCUT2D eigenvalue weighted by Gasteiger charge is 2.42. The van der Waals surface area contributed by atoms with Gasteiger partial charge in [0.05, 0.1) is 6.04 Å². The number of nitrogens with one attached hydrogen (secondary N) is 1. The van der Waals surface area contributed by atoms with Crippen LogP contribution < -0.4 is 5.32 Å². The number of rotatable bonds is 2. The lowest BCUT2D eigenvalue weighted by Crippen LogP contribution is -2.41. The Morgan fingerprint density at radius 3 is 2.85 bits per heavy atom. The first-order valence-electron chi connectivity index (χ1n) is 7.74. The van der Waals surface area contributed by atoms with Crippen molar-refractivity contribution in [1.29, 1.82) is 0 Å². The molecule has 1 saturated heterocycles. The van der Waals surface area contributed by atoms with Crippen molar-refractivity contribution in [3.8, 4) is 0 Å². The molecule has 1 heterocycles. The van der Waals surface area contributed by atoms with Gasteiger partial charge in [-0.1, -0.05) is 25.0 Å². The number of benzene rings is 1. The summed E-state index contributed by atoms with van der Waals surface area (Å²) in [5, 5.41) is 3.08. The summed E-state index contributed by atoms with van der Waals surface area (Å²) in [6.45, 7) is 2.05. The van der Waals surface area contributed by atoms with E-state index in [1.54, 1.807) is 0 Å². The summed E-state index contributed by atoms with van der Waals surface area (Å²) < 4.78 is 0. The SMILES string of the molecule is Cc1cccc(NC(=O)C2CC3CCCCC3N2C)c1. The van der Waals surface area contributed by atoms with Crippen LogP contribution in [-0.4, -0.2) is 29.9 Å². The number of fused-ring (bicyclic) bond motifs is 1. The largest absolute Gasteiger partial charge is 0.325 e. The average molecular weight is 272 g/mol. The van der Waals surface area contributed by atoms with E-state index in [1.165, 1.54) is 31.2 Å². The molecule has 1 N–H and O–H groups in total. The van der Waals surface area contributed by atoms with Crippen molar-refractivity contribution in [2.24, 2.45) is 5.92 Å². The third kappa shape index (κ3) is 2.59. The molecule has 0 spiro atoms. The van der Waals surface area contributed by atoms with Crippen LogP contribution in [0.25, 0.3) is 0 Å². The predicted molar refractivity (Wildman–Crippen MR) is 81.7 cm³/mol. The Hall–Kier alpha value is -1.35. The van der Waals surface area contributed by atoms with Crippen molar-refractivity contribution in [2.45, 2.75) is 51.1 Å². The fourth-order valence-electron chi connectivity index (χ4n) is 3.92. The molecule has 3 nitrogen and oxygen atoms in total. The summed E-state index contributed by atoms with van der Waals surface area (Å²) in [4.78, 5) is 14.8. The van der Waals surface area contributed by atoms with Gasteiger partial charge in [0.15, 0.2) is 0 Å². The van der Waals surface area contributed by atoms with Crippen LogP contribution in [0.3, 0.4) is 0 Å². The van der Waals surface area contributed by atoms with Gasteiger partial charge in [-0.25, -0.2) is 0 Å². The second-order valence-corrected chi connectivity index (χ2v) is 6.39. The summed E-state index contributed by atoms with van der Waals surface area (Å²) in [7, 11) is 2.12. The second kappa shape index (κ2) is 5.57. The van der Waals surface area contributed by atoms with E-state index in [4.69, 9.17) is 0 Å². The highest BCUT2D eigenvalue weighted by atomic mass is 16.2. The van der Waals surface area contributed by atoms with Crippen molar-refractivity contribution >= 4 is 11.6 Å². The van der Waals surface area contributed by atoms with E-state index in [0.29, 0.717) is 6.04 Å². The molecule has 1 amide bonds. The van der Waals surface area contributed by atoms with Crippen molar-refractivity contribution in [3.63, 3.8) is 0 Å². The monoisotopic (exact) mass is 272 g/mol. The third-order valence-corrected chi connectivity index (χ3v) is 5.00. The molecule has 0 radical (unpaired) electrons. The summed E-state index contributed by atoms with van der Waals surface area (Å²) in [5.41, 5.74) is 2.09. The maximum Gasteiger partial charge on any atom is 0.241 e. The van der Waals surface area contributed by atoms with Gasteiger partial charge in [-0.15, -0.1) is 0 Å². The molecule has 1 aromatic rings. The van der Waals surface area contributed by atoms with E-state index in [2.05, 4.69) is 17.3 Å². The quantitative estimate of drug-likeness (QED) is 0.896. The number of likely N-dealkylation sites (N-methyl/N-ethyl adjacent to an activating group) is 1. The molecule has 1 saturated carbocycles. The van der Waals surface area contributed by atoms with Crippen LogP contribution in [0.4, 0.5) is 5.69 Å². The standard InChI is InChI=1S/C17H24N2O/c1-12-6-5-8-14(10-12)18-17(20)16-11-13-7-3-4-9-15(13)19(16)2/h5-6,8,10,13,15-16H,3-4,7,9,11H2,1-2H3,(H,18,20). The van der Waals surface area contributed by atoms with E-state index in [1.807, 2.05) is 31.2 Å². The Kier molecular flexibility index (Phi) is 3.79. The lowest BCUT2D eigenvalue weighted by atomic mass is 9.85. The Morgan fingerprint density at radius 2 is 2.10 bits per heavy atom. The zero-order chi connectivity index (χ0) is 14.1. The summed E-state index contributed by atoms with van der Waals surface area (Å²) in [6.07, 6.45) is 6.23. The molecule has 0 aromatic heterocycles. The van der Waals surface area contributed by atoms with Crippen LogP contribution in [0, 0.1) is 12.8 Å². The molecule has 1 aliphatic carbocycles. The molecule has 3 rings (SSSR count). The van der Waals surface area contributed by atoms with Crippen LogP contribution >= 0.6 is 0 Å². The molecule has 1 aromatic carbocycles. The number of amides is 1. The van der Waals surface area contributed by atoms with Gasteiger partial charge in [0.1, 0.15) is 0 Å². The molecule has 3 atom stereocenters. The second-order valence-electron chi connectivity index (χ2n) is 6.39. The third-order valence-electron chi connectivity index (χ3n) is 5.00. The lowest BCUT2D eigenvalue weighted by Gasteiger charge is -2.30. The zero-order valence-electron chi connectivity index (χ0n) is 12.4. The normalized spacial score (nSPS) is 30.0. The van der Waals surface area contributed by atoms with E-state index in [0.717, 1.165) is 18.0 Å².